The molecule has 4 rings (SSSR count). The lowest BCUT2D eigenvalue weighted by atomic mass is 10.00. The Balaban J connectivity index is 1.46. The van der Waals surface area contributed by atoms with E-state index < -0.39 is 11.1 Å². The van der Waals surface area contributed by atoms with Gasteiger partial charge in [0.1, 0.15) is 6.54 Å². The molecule has 1 fully saturated rings. The number of aryl methyl sites for hydroxylation is 1. The average molecular weight is 395 g/mol. The van der Waals surface area contributed by atoms with E-state index in [1.807, 2.05) is 48.0 Å². The van der Waals surface area contributed by atoms with Crippen LogP contribution in [0.4, 0.5) is 4.79 Å². The Morgan fingerprint density at radius 1 is 1.14 bits per heavy atom. The van der Waals surface area contributed by atoms with Crippen molar-refractivity contribution in [3.63, 3.8) is 0 Å². The van der Waals surface area contributed by atoms with E-state index in [0.29, 0.717) is 18.0 Å². The highest BCUT2D eigenvalue weighted by Gasteiger charge is 2.37. The van der Waals surface area contributed by atoms with E-state index >= 15 is 0 Å². The zero-order valence-electron chi connectivity index (χ0n) is 15.6. The van der Waals surface area contributed by atoms with Crippen LogP contribution < -0.4 is 0 Å². The molecule has 3 heterocycles. The first kappa shape index (κ1) is 18.6. The van der Waals surface area contributed by atoms with E-state index in [9.17, 15) is 14.4 Å². The quantitative estimate of drug-likeness (QED) is 0.746. The van der Waals surface area contributed by atoms with Crippen LogP contribution >= 0.6 is 11.8 Å². The standard InChI is InChI=1S/C21H21N3O3S/c1-2-22-10-5-8-17(22)12-18-20(26)24(21(27)28-18)14-19(25)23-11-9-15-6-3-4-7-16(15)13-23/h3-8,10,12H,2,9,11,13-14H2,1H3. The molecule has 1 saturated heterocycles. The van der Waals surface area contributed by atoms with E-state index in [-0.39, 0.29) is 12.5 Å². The predicted octanol–water partition coefficient (Wildman–Crippen LogP) is 3.13. The third kappa shape index (κ3) is 3.49. The van der Waals surface area contributed by atoms with E-state index in [4.69, 9.17) is 0 Å². The van der Waals surface area contributed by atoms with Crippen LogP contribution in [0, 0.1) is 0 Å². The van der Waals surface area contributed by atoms with Crippen LogP contribution in [0.1, 0.15) is 23.7 Å². The number of rotatable bonds is 4. The van der Waals surface area contributed by atoms with Crippen LogP contribution in [-0.4, -0.2) is 44.5 Å². The summed E-state index contributed by atoms with van der Waals surface area (Å²) in [4.78, 5) is 40.9. The van der Waals surface area contributed by atoms with Gasteiger partial charge in [0.05, 0.1) is 4.91 Å². The molecular weight excluding hydrogens is 374 g/mol. The van der Waals surface area contributed by atoms with Crippen LogP contribution in [0.2, 0.25) is 0 Å². The van der Waals surface area contributed by atoms with Crippen molar-refractivity contribution < 1.29 is 14.4 Å². The van der Waals surface area contributed by atoms with Gasteiger partial charge in [-0.1, -0.05) is 24.3 Å². The Kier molecular flexibility index (Phi) is 5.09. The lowest BCUT2D eigenvalue weighted by Crippen LogP contribution is -2.44. The highest BCUT2D eigenvalue weighted by Crippen LogP contribution is 2.32. The van der Waals surface area contributed by atoms with Gasteiger partial charge < -0.3 is 9.47 Å². The molecule has 0 atom stereocenters. The van der Waals surface area contributed by atoms with Crippen LogP contribution in [0.25, 0.3) is 6.08 Å². The highest BCUT2D eigenvalue weighted by molar-refractivity contribution is 8.18. The summed E-state index contributed by atoms with van der Waals surface area (Å²) in [6, 6.07) is 11.8. The van der Waals surface area contributed by atoms with E-state index in [0.717, 1.165) is 40.9 Å². The number of fused-ring (bicyclic) bond motifs is 1. The van der Waals surface area contributed by atoms with Crippen molar-refractivity contribution in [3.05, 3.63) is 64.3 Å². The maximum atomic E-state index is 12.7. The number of amides is 3. The molecule has 7 heteroatoms. The molecule has 0 unspecified atom stereocenters. The van der Waals surface area contributed by atoms with Crippen molar-refractivity contribution >= 4 is 34.9 Å². The number of thioether (sulfide) groups is 1. The average Bonchev–Trinajstić information content (AvgIpc) is 3.27. The summed E-state index contributed by atoms with van der Waals surface area (Å²) < 4.78 is 1.99. The zero-order valence-corrected chi connectivity index (χ0v) is 16.4. The Bertz CT molecular complexity index is 979. The molecule has 1 aromatic carbocycles. The van der Waals surface area contributed by atoms with Crippen molar-refractivity contribution in [2.45, 2.75) is 26.4 Å². The van der Waals surface area contributed by atoms with Crippen LogP contribution in [-0.2, 0) is 29.1 Å². The lowest BCUT2D eigenvalue weighted by Gasteiger charge is -2.29. The molecule has 0 spiro atoms. The zero-order chi connectivity index (χ0) is 19.7. The minimum absolute atomic E-state index is 0.199. The topological polar surface area (TPSA) is 62.6 Å². The molecule has 2 aliphatic rings. The maximum Gasteiger partial charge on any atom is 0.294 e. The minimum Gasteiger partial charge on any atom is -0.348 e. The minimum atomic E-state index is -0.399. The number of hydrogen-bond acceptors (Lipinski definition) is 4. The molecule has 0 N–H and O–H groups in total. The monoisotopic (exact) mass is 395 g/mol. The third-order valence-electron chi connectivity index (χ3n) is 5.13. The molecule has 3 amide bonds. The Hall–Kier alpha value is -2.80. The van der Waals surface area contributed by atoms with Crippen molar-refractivity contribution in [1.29, 1.82) is 0 Å². The summed E-state index contributed by atoms with van der Waals surface area (Å²) in [5, 5.41) is -0.392. The largest absolute Gasteiger partial charge is 0.348 e. The highest BCUT2D eigenvalue weighted by atomic mass is 32.2. The number of hydrogen-bond donors (Lipinski definition) is 0. The third-order valence-corrected chi connectivity index (χ3v) is 6.04. The van der Waals surface area contributed by atoms with E-state index in [2.05, 4.69) is 6.07 Å². The molecule has 1 aromatic heterocycles. The van der Waals surface area contributed by atoms with Crippen molar-refractivity contribution in [2.75, 3.05) is 13.1 Å². The molecule has 6 nitrogen and oxygen atoms in total. The molecule has 144 valence electrons. The van der Waals surface area contributed by atoms with Gasteiger partial charge >= 0.3 is 0 Å². The Labute approximate surface area is 167 Å². The fourth-order valence-corrected chi connectivity index (χ4v) is 4.38. The van der Waals surface area contributed by atoms with Gasteiger partial charge in [0.2, 0.25) is 5.91 Å². The van der Waals surface area contributed by atoms with Crippen molar-refractivity contribution in [3.8, 4) is 0 Å². The molecule has 0 aliphatic carbocycles. The van der Waals surface area contributed by atoms with Crippen LogP contribution in [0.5, 0.6) is 0 Å². The van der Waals surface area contributed by atoms with E-state index in [1.54, 1.807) is 11.0 Å². The van der Waals surface area contributed by atoms with Crippen molar-refractivity contribution in [2.24, 2.45) is 0 Å². The van der Waals surface area contributed by atoms with Gasteiger partial charge in [0.25, 0.3) is 11.1 Å². The Morgan fingerprint density at radius 3 is 2.71 bits per heavy atom. The Morgan fingerprint density at radius 2 is 1.93 bits per heavy atom. The number of carbonyl (C=O) groups is 3. The molecule has 0 saturated carbocycles. The molecule has 2 aromatic rings. The molecule has 28 heavy (non-hydrogen) atoms. The summed E-state index contributed by atoms with van der Waals surface area (Å²) >= 11 is 0.891. The summed E-state index contributed by atoms with van der Waals surface area (Å²) in [5.41, 5.74) is 3.24. The lowest BCUT2D eigenvalue weighted by molar-refractivity contribution is -0.136. The molecule has 0 bridgehead atoms. The van der Waals surface area contributed by atoms with E-state index in [1.165, 1.54) is 5.56 Å². The summed E-state index contributed by atoms with van der Waals surface area (Å²) in [6.45, 7) is 3.70. The number of imide groups is 1. The SMILES string of the molecule is CCn1cccc1C=C1SC(=O)N(CC(=O)N2CCc3ccccc3C2)C1=O. The second-order valence-corrected chi connectivity index (χ2v) is 7.81. The van der Waals surface area contributed by atoms with Gasteiger partial charge in [-0.05, 0) is 54.4 Å². The molecule has 2 aliphatic heterocycles. The van der Waals surface area contributed by atoms with Gasteiger partial charge in [-0.2, -0.15) is 0 Å². The number of carbonyl (C=O) groups excluding carboxylic acids is 3. The first-order chi connectivity index (χ1) is 13.6. The van der Waals surface area contributed by atoms with Gasteiger partial charge in [-0.15, -0.1) is 0 Å². The smallest absolute Gasteiger partial charge is 0.294 e. The van der Waals surface area contributed by atoms with Crippen LogP contribution in [0.3, 0.4) is 0 Å². The van der Waals surface area contributed by atoms with Crippen LogP contribution in [0.15, 0.2) is 47.5 Å². The number of aromatic nitrogens is 1. The second-order valence-electron chi connectivity index (χ2n) is 6.82. The number of benzene rings is 1. The predicted molar refractivity (Wildman–Crippen MR) is 108 cm³/mol. The summed E-state index contributed by atoms with van der Waals surface area (Å²) in [5.74, 6) is -0.598. The van der Waals surface area contributed by atoms with Gasteiger partial charge in [-0.3, -0.25) is 19.3 Å². The molecular formula is C21H21N3O3S. The fourth-order valence-electron chi connectivity index (χ4n) is 3.56. The fraction of sp³-hybridized carbons (Fsp3) is 0.286. The summed E-state index contributed by atoms with van der Waals surface area (Å²) in [7, 11) is 0. The van der Waals surface area contributed by atoms with Gasteiger partial charge in [0.15, 0.2) is 0 Å². The van der Waals surface area contributed by atoms with Gasteiger partial charge in [-0.25, -0.2) is 0 Å². The van der Waals surface area contributed by atoms with Crippen molar-refractivity contribution in [1.82, 2.24) is 14.4 Å². The molecule has 0 radical (unpaired) electrons. The normalized spacial score (nSPS) is 18.1. The van der Waals surface area contributed by atoms with Gasteiger partial charge in [0, 0.05) is 31.5 Å². The maximum absolute atomic E-state index is 12.7. The summed E-state index contributed by atoms with van der Waals surface area (Å²) in [6.07, 6.45) is 4.43. The number of nitrogens with zero attached hydrogens (tertiary/aromatic N) is 3. The first-order valence-corrected chi connectivity index (χ1v) is 10.1. The second kappa shape index (κ2) is 7.67. The first-order valence-electron chi connectivity index (χ1n) is 9.32.